The molecule has 3 nitrogen and oxygen atoms in total. The minimum atomic E-state index is -4.12. The van der Waals surface area contributed by atoms with Crippen LogP contribution in [0.5, 0.6) is 0 Å². The first-order valence-electron chi connectivity index (χ1n) is 3.47. The predicted molar refractivity (Wildman–Crippen MR) is 56.8 cm³/mol. The van der Waals surface area contributed by atoms with Crippen molar-refractivity contribution >= 4 is 35.4 Å². The van der Waals surface area contributed by atoms with Gasteiger partial charge in [0.15, 0.2) is 0 Å². The molecule has 0 amide bonds. The van der Waals surface area contributed by atoms with Crippen LogP contribution in [0, 0.1) is 0 Å². The average Bonchev–Trinajstić information content (AvgIpc) is 1.82. The Morgan fingerprint density at radius 1 is 1.25 bits per heavy atom. The molecule has 0 saturated heterocycles. The summed E-state index contributed by atoms with van der Waals surface area (Å²) in [4.78, 5) is 0. The largest absolute Gasteiger partial charge is 0.285 e. The van der Waals surface area contributed by atoms with Gasteiger partial charge in [0.05, 0.1) is 0 Å². The zero-order valence-electron chi connectivity index (χ0n) is 7.22. The van der Waals surface area contributed by atoms with Crippen LogP contribution in [-0.4, -0.2) is 28.2 Å². The topological polar surface area (TPSA) is 54.4 Å². The van der Waals surface area contributed by atoms with Gasteiger partial charge in [0.25, 0.3) is 10.1 Å². The Hall–Kier alpha value is 0.610. The summed E-state index contributed by atoms with van der Waals surface area (Å²) in [5.41, 5.74) is 0. The second-order valence-electron chi connectivity index (χ2n) is 3.01. The van der Waals surface area contributed by atoms with Crippen molar-refractivity contribution in [1.82, 2.24) is 0 Å². The van der Waals surface area contributed by atoms with Crippen LogP contribution in [-0.2, 0) is 10.1 Å². The first-order valence-corrected chi connectivity index (χ1v) is 5.94. The lowest BCUT2D eigenvalue weighted by Gasteiger charge is -2.32. The van der Waals surface area contributed by atoms with E-state index in [1.807, 2.05) is 0 Å². The third-order valence-corrected chi connectivity index (χ3v) is 5.46. The third-order valence-electron chi connectivity index (χ3n) is 2.21. The van der Waals surface area contributed by atoms with Gasteiger partial charge >= 0.3 is 0 Å². The van der Waals surface area contributed by atoms with Crippen molar-refractivity contribution in [3.8, 4) is 0 Å². The molecule has 74 valence electrons. The Balaban J connectivity index is 5.18. The maximum absolute atomic E-state index is 11.0. The van der Waals surface area contributed by atoms with E-state index < -0.39 is 25.4 Å². The van der Waals surface area contributed by atoms with E-state index in [1.165, 1.54) is 6.92 Å². The standard InChI is InChI=1S/C6H14O3S3/c1-4(10)6(3,5(2)11)12(7,8)9/h4-5,10-11H,1-3H3,(H,7,8,9). The molecule has 0 bridgehead atoms. The zero-order chi connectivity index (χ0) is 10.2. The van der Waals surface area contributed by atoms with Gasteiger partial charge < -0.3 is 0 Å². The maximum Gasteiger partial charge on any atom is 0.272 e. The minimum absolute atomic E-state index is 0.472. The van der Waals surface area contributed by atoms with E-state index in [2.05, 4.69) is 25.3 Å². The quantitative estimate of drug-likeness (QED) is 0.505. The molecular weight excluding hydrogens is 216 g/mol. The van der Waals surface area contributed by atoms with Gasteiger partial charge in [-0.3, -0.25) is 4.55 Å². The molecule has 0 heterocycles. The lowest BCUT2D eigenvalue weighted by atomic mass is 10.0. The van der Waals surface area contributed by atoms with Gasteiger partial charge in [0, 0.05) is 10.5 Å². The molecule has 0 aliphatic heterocycles. The monoisotopic (exact) mass is 230 g/mol. The highest BCUT2D eigenvalue weighted by molar-refractivity contribution is 7.91. The van der Waals surface area contributed by atoms with Gasteiger partial charge in [0.1, 0.15) is 4.75 Å². The van der Waals surface area contributed by atoms with Crippen LogP contribution in [0.4, 0.5) is 0 Å². The van der Waals surface area contributed by atoms with Crippen molar-refractivity contribution < 1.29 is 13.0 Å². The van der Waals surface area contributed by atoms with Crippen LogP contribution in [0.15, 0.2) is 0 Å². The van der Waals surface area contributed by atoms with E-state index in [4.69, 9.17) is 4.55 Å². The molecule has 2 unspecified atom stereocenters. The Morgan fingerprint density at radius 2 is 1.50 bits per heavy atom. The highest BCUT2D eigenvalue weighted by Crippen LogP contribution is 2.31. The average molecular weight is 230 g/mol. The summed E-state index contributed by atoms with van der Waals surface area (Å²) in [6.45, 7) is 4.66. The molecule has 0 aromatic carbocycles. The van der Waals surface area contributed by atoms with Crippen LogP contribution in [0.1, 0.15) is 20.8 Å². The summed E-state index contributed by atoms with van der Waals surface area (Å²) >= 11 is 8.05. The Labute approximate surface area is 84.5 Å². The van der Waals surface area contributed by atoms with E-state index in [0.29, 0.717) is 0 Å². The molecule has 0 radical (unpaired) electrons. The van der Waals surface area contributed by atoms with Crippen LogP contribution >= 0.6 is 25.3 Å². The molecule has 2 atom stereocenters. The fourth-order valence-electron chi connectivity index (χ4n) is 0.780. The molecule has 0 rings (SSSR count). The number of rotatable bonds is 3. The maximum atomic E-state index is 11.0. The molecule has 0 aromatic rings. The van der Waals surface area contributed by atoms with Crippen molar-refractivity contribution in [2.24, 2.45) is 0 Å². The van der Waals surface area contributed by atoms with Crippen molar-refractivity contribution in [3.05, 3.63) is 0 Å². The summed E-state index contributed by atoms with van der Waals surface area (Å²) in [5, 5.41) is -0.944. The number of hydrogen-bond acceptors (Lipinski definition) is 4. The van der Waals surface area contributed by atoms with E-state index in [9.17, 15) is 8.42 Å². The van der Waals surface area contributed by atoms with E-state index in [0.717, 1.165) is 0 Å². The second kappa shape index (κ2) is 3.77. The van der Waals surface area contributed by atoms with Crippen LogP contribution in [0.2, 0.25) is 0 Å². The summed E-state index contributed by atoms with van der Waals surface area (Å²) < 4.78 is 29.6. The van der Waals surface area contributed by atoms with E-state index in [-0.39, 0.29) is 0 Å². The molecule has 0 spiro atoms. The van der Waals surface area contributed by atoms with E-state index in [1.54, 1.807) is 13.8 Å². The summed E-state index contributed by atoms with van der Waals surface area (Å²) in [6.07, 6.45) is 0. The lowest BCUT2D eigenvalue weighted by Crippen LogP contribution is -2.49. The summed E-state index contributed by atoms with van der Waals surface area (Å²) in [5.74, 6) is 0. The van der Waals surface area contributed by atoms with Crippen molar-refractivity contribution in [1.29, 1.82) is 0 Å². The van der Waals surface area contributed by atoms with Crippen LogP contribution in [0.3, 0.4) is 0 Å². The molecule has 6 heteroatoms. The van der Waals surface area contributed by atoms with Crippen LogP contribution < -0.4 is 0 Å². The number of thiol groups is 2. The van der Waals surface area contributed by atoms with Crippen molar-refractivity contribution in [2.75, 3.05) is 0 Å². The smallest absolute Gasteiger partial charge is 0.272 e. The van der Waals surface area contributed by atoms with Crippen molar-refractivity contribution in [3.63, 3.8) is 0 Å². The SMILES string of the molecule is CC(S)C(C)(C(C)S)S(=O)(=O)O. The fourth-order valence-corrected chi connectivity index (χ4v) is 3.01. The molecule has 0 aromatic heterocycles. The molecule has 1 N–H and O–H groups in total. The number of hydrogen-bond donors (Lipinski definition) is 3. The summed E-state index contributed by atoms with van der Waals surface area (Å²) in [6, 6.07) is 0. The van der Waals surface area contributed by atoms with Crippen molar-refractivity contribution in [2.45, 2.75) is 36.0 Å². The van der Waals surface area contributed by atoms with Gasteiger partial charge in [-0.2, -0.15) is 33.7 Å². The first kappa shape index (κ1) is 12.6. The Kier molecular flexibility index (Phi) is 3.97. The van der Waals surface area contributed by atoms with Gasteiger partial charge in [-0.15, -0.1) is 0 Å². The van der Waals surface area contributed by atoms with Crippen LogP contribution in [0.25, 0.3) is 0 Å². The predicted octanol–water partition coefficient (Wildman–Crippen LogP) is 1.27. The first-order chi connectivity index (χ1) is 5.14. The van der Waals surface area contributed by atoms with Gasteiger partial charge in [-0.05, 0) is 6.92 Å². The minimum Gasteiger partial charge on any atom is -0.285 e. The van der Waals surface area contributed by atoms with E-state index >= 15 is 0 Å². The molecule has 0 aliphatic carbocycles. The Bertz CT molecular complexity index is 235. The highest BCUT2D eigenvalue weighted by atomic mass is 32.2. The van der Waals surface area contributed by atoms with Gasteiger partial charge in [0.2, 0.25) is 0 Å². The zero-order valence-corrected chi connectivity index (χ0v) is 9.83. The summed E-state index contributed by atoms with van der Waals surface area (Å²) in [7, 11) is -4.12. The molecule has 12 heavy (non-hydrogen) atoms. The normalized spacial score (nSPS) is 22.8. The molecule has 0 aliphatic rings. The third kappa shape index (κ3) is 2.10. The fraction of sp³-hybridized carbons (Fsp3) is 1.00. The van der Waals surface area contributed by atoms with Gasteiger partial charge in [-0.1, -0.05) is 13.8 Å². The Morgan fingerprint density at radius 3 is 1.50 bits per heavy atom. The lowest BCUT2D eigenvalue weighted by molar-refractivity contribution is 0.428. The highest BCUT2D eigenvalue weighted by Gasteiger charge is 2.45. The molecule has 0 saturated carbocycles. The second-order valence-corrected chi connectivity index (χ2v) is 6.39. The molecular formula is C6H14O3S3. The van der Waals surface area contributed by atoms with Gasteiger partial charge in [-0.25, -0.2) is 0 Å². The molecule has 0 fully saturated rings.